The highest BCUT2D eigenvalue weighted by molar-refractivity contribution is 8.00. The average Bonchev–Trinajstić information content (AvgIpc) is 2.69. The first-order valence-electron chi connectivity index (χ1n) is 5.41. The van der Waals surface area contributed by atoms with E-state index in [1.54, 1.807) is 0 Å². The van der Waals surface area contributed by atoms with Crippen LogP contribution in [-0.4, -0.2) is 47.5 Å². The summed E-state index contributed by atoms with van der Waals surface area (Å²) in [4.78, 5) is 14.1. The SMILES string of the molecule is CC1CN(C(=O)C2CCCS2)CCN1.Cl. The van der Waals surface area contributed by atoms with Gasteiger partial charge in [-0.15, -0.1) is 24.2 Å². The molecule has 2 rings (SSSR count). The van der Waals surface area contributed by atoms with Gasteiger partial charge in [-0.05, 0) is 25.5 Å². The molecule has 0 aliphatic carbocycles. The van der Waals surface area contributed by atoms with Gasteiger partial charge in [-0.2, -0.15) is 0 Å². The van der Waals surface area contributed by atoms with Crippen LogP contribution >= 0.6 is 24.2 Å². The molecule has 1 amide bonds. The second-order valence-electron chi connectivity index (χ2n) is 4.14. The molecule has 2 aliphatic heterocycles. The van der Waals surface area contributed by atoms with Crippen LogP contribution in [0.25, 0.3) is 0 Å². The molecule has 2 atom stereocenters. The van der Waals surface area contributed by atoms with Crippen molar-refractivity contribution in [3.63, 3.8) is 0 Å². The lowest BCUT2D eigenvalue weighted by Gasteiger charge is -2.33. The fourth-order valence-electron chi connectivity index (χ4n) is 2.11. The van der Waals surface area contributed by atoms with E-state index in [2.05, 4.69) is 12.2 Å². The minimum Gasteiger partial charge on any atom is -0.339 e. The van der Waals surface area contributed by atoms with Gasteiger partial charge in [0, 0.05) is 25.7 Å². The minimum atomic E-state index is 0. The lowest BCUT2D eigenvalue weighted by Crippen LogP contribution is -2.53. The van der Waals surface area contributed by atoms with E-state index < -0.39 is 0 Å². The van der Waals surface area contributed by atoms with Gasteiger partial charge >= 0.3 is 0 Å². The van der Waals surface area contributed by atoms with Gasteiger partial charge in [0.1, 0.15) is 0 Å². The molecule has 2 fully saturated rings. The summed E-state index contributed by atoms with van der Waals surface area (Å²) in [5.41, 5.74) is 0. The molecule has 0 bridgehead atoms. The molecule has 0 aromatic heterocycles. The van der Waals surface area contributed by atoms with Crippen molar-refractivity contribution in [2.24, 2.45) is 0 Å². The van der Waals surface area contributed by atoms with Crippen molar-refractivity contribution in [3.05, 3.63) is 0 Å². The van der Waals surface area contributed by atoms with Crippen molar-refractivity contribution in [3.8, 4) is 0 Å². The first-order chi connectivity index (χ1) is 6.77. The van der Waals surface area contributed by atoms with Gasteiger partial charge in [0.25, 0.3) is 0 Å². The van der Waals surface area contributed by atoms with E-state index in [1.807, 2.05) is 16.7 Å². The number of carbonyl (C=O) groups is 1. The van der Waals surface area contributed by atoms with Crippen LogP contribution in [0, 0.1) is 0 Å². The zero-order valence-corrected chi connectivity index (χ0v) is 10.7. The lowest BCUT2D eigenvalue weighted by atomic mass is 10.2. The summed E-state index contributed by atoms with van der Waals surface area (Å²) in [6.45, 7) is 4.86. The summed E-state index contributed by atoms with van der Waals surface area (Å²) >= 11 is 1.83. The number of nitrogens with one attached hydrogen (secondary N) is 1. The highest BCUT2D eigenvalue weighted by atomic mass is 35.5. The van der Waals surface area contributed by atoms with E-state index in [-0.39, 0.29) is 17.7 Å². The summed E-state index contributed by atoms with van der Waals surface area (Å²) in [5.74, 6) is 1.54. The van der Waals surface area contributed by atoms with E-state index in [0.717, 1.165) is 31.8 Å². The van der Waals surface area contributed by atoms with Crippen molar-refractivity contribution in [1.82, 2.24) is 10.2 Å². The average molecular weight is 251 g/mol. The first-order valence-corrected chi connectivity index (χ1v) is 6.46. The Kier molecular flexibility index (Phi) is 5.23. The highest BCUT2D eigenvalue weighted by Crippen LogP contribution is 2.27. The van der Waals surface area contributed by atoms with Gasteiger partial charge in [0.2, 0.25) is 5.91 Å². The van der Waals surface area contributed by atoms with E-state index in [9.17, 15) is 4.79 Å². The molecule has 3 nitrogen and oxygen atoms in total. The molecule has 2 aliphatic rings. The number of piperazine rings is 1. The zero-order valence-electron chi connectivity index (χ0n) is 9.07. The first kappa shape index (κ1) is 13.1. The van der Waals surface area contributed by atoms with Crippen LogP contribution in [0.5, 0.6) is 0 Å². The Labute approximate surface area is 102 Å². The number of amides is 1. The molecule has 1 N–H and O–H groups in total. The summed E-state index contributed by atoms with van der Waals surface area (Å²) in [6, 6.07) is 0.458. The van der Waals surface area contributed by atoms with Crippen LogP contribution in [0.15, 0.2) is 0 Å². The predicted molar refractivity (Wildman–Crippen MR) is 66.8 cm³/mol. The summed E-state index contributed by atoms with van der Waals surface area (Å²) in [6.07, 6.45) is 2.30. The lowest BCUT2D eigenvalue weighted by molar-refractivity contribution is -0.131. The molecule has 0 spiro atoms. The third-order valence-corrected chi connectivity index (χ3v) is 4.25. The van der Waals surface area contributed by atoms with Gasteiger partial charge in [-0.3, -0.25) is 4.79 Å². The summed E-state index contributed by atoms with van der Waals surface area (Å²) in [7, 11) is 0. The Hall–Kier alpha value is 0.0700. The molecular weight excluding hydrogens is 232 g/mol. The number of hydrogen-bond donors (Lipinski definition) is 1. The quantitative estimate of drug-likeness (QED) is 0.757. The molecule has 0 saturated carbocycles. The molecule has 2 heterocycles. The molecule has 5 heteroatoms. The number of halogens is 1. The van der Waals surface area contributed by atoms with Gasteiger partial charge < -0.3 is 10.2 Å². The molecule has 0 aromatic rings. The van der Waals surface area contributed by atoms with Crippen molar-refractivity contribution < 1.29 is 4.79 Å². The fourth-order valence-corrected chi connectivity index (χ4v) is 3.35. The molecule has 0 radical (unpaired) electrons. The third kappa shape index (κ3) is 3.26. The zero-order chi connectivity index (χ0) is 9.97. The van der Waals surface area contributed by atoms with Gasteiger partial charge in [0.15, 0.2) is 0 Å². The van der Waals surface area contributed by atoms with Crippen LogP contribution < -0.4 is 5.32 Å². The Bertz CT molecular complexity index is 221. The Morgan fingerprint density at radius 2 is 2.33 bits per heavy atom. The minimum absolute atomic E-state index is 0. The monoisotopic (exact) mass is 250 g/mol. The second-order valence-corrected chi connectivity index (χ2v) is 5.45. The molecule has 2 saturated heterocycles. The maximum absolute atomic E-state index is 12.0. The molecule has 15 heavy (non-hydrogen) atoms. The molecular formula is C10H19ClN2OS. The number of rotatable bonds is 1. The second kappa shape index (κ2) is 5.97. The standard InChI is InChI=1S/C10H18N2OS.ClH/c1-8-7-12(5-4-11-8)10(13)9-3-2-6-14-9;/h8-9,11H,2-7H2,1H3;1H. The van der Waals surface area contributed by atoms with Gasteiger partial charge in [0.05, 0.1) is 5.25 Å². The van der Waals surface area contributed by atoms with Gasteiger partial charge in [-0.25, -0.2) is 0 Å². The Morgan fingerprint density at radius 3 is 2.93 bits per heavy atom. The maximum atomic E-state index is 12.0. The van der Waals surface area contributed by atoms with Crippen molar-refractivity contribution in [1.29, 1.82) is 0 Å². The van der Waals surface area contributed by atoms with Crippen molar-refractivity contribution in [2.75, 3.05) is 25.4 Å². The molecule has 2 unspecified atom stereocenters. The van der Waals surface area contributed by atoms with Crippen molar-refractivity contribution in [2.45, 2.75) is 31.1 Å². The normalized spacial score (nSPS) is 31.1. The number of carbonyl (C=O) groups excluding carboxylic acids is 1. The summed E-state index contributed by atoms with van der Waals surface area (Å²) in [5, 5.41) is 3.62. The van der Waals surface area contributed by atoms with Gasteiger partial charge in [-0.1, -0.05) is 0 Å². The van der Waals surface area contributed by atoms with Crippen LogP contribution in [-0.2, 0) is 4.79 Å². The van der Waals surface area contributed by atoms with Crippen LogP contribution in [0.3, 0.4) is 0 Å². The third-order valence-electron chi connectivity index (χ3n) is 2.89. The topological polar surface area (TPSA) is 32.3 Å². The van der Waals surface area contributed by atoms with Crippen LogP contribution in [0.4, 0.5) is 0 Å². The van der Waals surface area contributed by atoms with Crippen LogP contribution in [0.2, 0.25) is 0 Å². The fraction of sp³-hybridized carbons (Fsp3) is 0.900. The Morgan fingerprint density at radius 1 is 1.53 bits per heavy atom. The number of nitrogens with zero attached hydrogens (tertiary/aromatic N) is 1. The predicted octanol–water partition coefficient (Wildman–Crippen LogP) is 1.12. The van der Waals surface area contributed by atoms with Crippen LogP contribution in [0.1, 0.15) is 19.8 Å². The summed E-state index contributed by atoms with van der Waals surface area (Å²) < 4.78 is 0. The van der Waals surface area contributed by atoms with E-state index in [0.29, 0.717) is 11.9 Å². The Balaban J connectivity index is 0.00000112. The molecule has 0 aromatic carbocycles. The van der Waals surface area contributed by atoms with E-state index in [1.165, 1.54) is 6.42 Å². The maximum Gasteiger partial charge on any atom is 0.235 e. The largest absolute Gasteiger partial charge is 0.339 e. The van der Waals surface area contributed by atoms with E-state index in [4.69, 9.17) is 0 Å². The molecule has 88 valence electrons. The highest BCUT2D eigenvalue weighted by Gasteiger charge is 2.29. The number of thioether (sulfide) groups is 1. The smallest absolute Gasteiger partial charge is 0.235 e. The van der Waals surface area contributed by atoms with E-state index >= 15 is 0 Å². The number of hydrogen-bond acceptors (Lipinski definition) is 3. The van der Waals surface area contributed by atoms with Crippen molar-refractivity contribution >= 4 is 30.1 Å².